The molecule has 0 aliphatic rings. The van der Waals surface area contributed by atoms with Crippen molar-refractivity contribution >= 4 is 40.6 Å². The summed E-state index contributed by atoms with van der Waals surface area (Å²) in [6.07, 6.45) is 5.47. The van der Waals surface area contributed by atoms with Gasteiger partial charge in [0.05, 0.1) is 24.2 Å². The SMILES string of the molecule is CC/C=C(\N)c1ccc(NCc2nc3cc(C(=O)N(CCC)c4ccccn4)ccc3n2C)cc1.CCOC=O. The van der Waals surface area contributed by atoms with Crippen LogP contribution in [-0.4, -0.2) is 40.1 Å². The highest BCUT2D eigenvalue weighted by molar-refractivity contribution is 6.07. The van der Waals surface area contributed by atoms with Crippen LogP contribution < -0.4 is 16.0 Å². The maximum Gasteiger partial charge on any atom is 0.293 e. The van der Waals surface area contributed by atoms with Gasteiger partial charge in [0.15, 0.2) is 0 Å². The van der Waals surface area contributed by atoms with Crippen molar-refractivity contribution in [2.45, 2.75) is 40.2 Å². The molecule has 2 aromatic heterocycles. The number of aromatic nitrogens is 3. The van der Waals surface area contributed by atoms with Gasteiger partial charge in [-0.3, -0.25) is 14.5 Å². The smallest absolute Gasteiger partial charge is 0.293 e. The zero-order valence-electron chi connectivity index (χ0n) is 23.6. The molecule has 9 heteroatoms. The molecule has 40 heavy (non-hydrogen) atoms. The first-order chi connectivity index (χ1) is 19.4. The van der Waals surface area contributed by atoms with E-state index < -0.39 is 0 Å². The molecule has 0 radical (unpaired) electrons. The number of nitrogens with one attached hydrogen (secondary N) is 1. The third-order valence-corrected chi connectivity index (χ3v) is 6.17. The average molecular weight is 543 g/mol. The van der Waals surface area contributed by atoms with Crippen LogP contribution in [0.5, 0.6) is 0 Å². The molecule has 9 nitrogen and oxygen atoms in total. The van der Waals surface area contributed by atoms with E-state index in [2.05, 4.69) is 33.5 Å². The number of aryl methyl sites for hydroxylation is 1. The lowest BCUT2D eigenvalue weighted by Gasteiger charge is -2.21. The molecule has 2 aromatic carbocycles. The van der Waals surface area contributed by atoms with E-state index in [-0.39, 0.29) is 5.91 Å². The Labute approximate surface area is 235 Å². The van der Waals surface area contributed by atoms with Crippen molar-refractivity contribution in [2.24, 2.45) is 12.8 Å². The third kappa shape index (κ3) is 7.69. The van der Waals surface area contributed by atoms with Gasteiger partial charge in [-0.15, -0.1) is 0 Å². The fourth-order valence-electron chi connectivity index (χ4n) is 4.12. The number of ether oxygens (including phenoxy) is 1. The summed E-state index contributed by atoms with van der Waals surface area (Å²) in [7, 11) is 1.99. The summed E-state index contributed by atoms with van der Waals surface area (Å²) in [6.45, 7) is 7.95. The molecule has 0 saturated heterocycles. The lowest BCUT2D eigenvalue weighted by atomic mass is 10.1. The molecule has 0 atom stereocenters. The van der Waals surface area contributed by atoms with Gasteiger partial charge < -0.3 is 20.4 Å². The molecule has 4 aromatic rings. The van der Waals surface area contributed by atoms with E-state index >= 15 is 0 Å². The molecule has 0 saturated carbocycles. The van der Waals surface area contributed by atoms with E-state index in [1.54, 1.807) is 18.0 Å². The Hall–Kier alpha value is -4.66. The van der Waals surface area contributed by atoms with Gasteiger partial charge in [0.1, 0.15) is 11.6 Å². The van der Waals surface area contributed by atoms with Gasteiger partial charge in [-0.1, -0.05) is 38.1 Å². The minimum Gasteiger partial charge on any atom is -0.468 e. The van der Waals surface area contributed by atoms with Crippen LogP contribution in [0, 0.1) is 0 Å². The van der Waals surface area contributed by atoms with E-state index in [1.165, 1.54) is 0 Å². The molecule has 0 spiro atoms. The molecule has 0 fully saturated rings. The maximum absolute atomic E-state index is 13.3. The molecule has 0 aliphatic carbocycles. The van der Waals surface area contributed by atoms with Gasteiger partial charge >= 0.3 is 0 Å². The predicted molar refractivity (Wildman–Crippen MR) is 161 cm³/mol. The molecule has 2 heterocycles. The molecule has 0 bridgehead atoms. The quantitative estimate of drug-likeness (QED) is 0.240. The summed E-state index contributed by atoms with van der Waals surface area (Å²) in [5.74, 6) is 1.46. The van der Waals surface area contributed by atoms with Crippen molar-refractivity contribution in [3.63, 3.8) is 0 Å². The highest BCUT2D eigenvalue weighted by Crippen LogP contribution is 2.21. The van der Waals surface area contributed by atoms with Crippen molar-refractivity contribution in [3.8, 4) is 0 Å². The van der Waals surface area contributed by atoms with Crippen molar-refractivity contribution in [2.75, 3.05) is 23.4 Å². The van der Waals surface area contributed by atoms with Crippen LogP contribution in [0.25, 0.3) is 16.7 Å². The van der Waals surface area contributed by atoms with Gasteiger partial charge in [0, 0.05) is 36.7 Å². The molecule has 3 N–H and O–H groups in total. The van der Waals surface area contributed by atoms with Crippen LogP contribution in [-0.2, 0) is 23.1 Å². The molecule has 4 rings (SSSR count). The summed E-state index contributed by atoms with van der Waals surface area (Å²) in [6, 6.07) is 19.4. The molecule has 1 amide bonds. The lowest BCUT2D eigenvalue weighted by molar-refractivity contribution is -0.128. The highest BCUT2D eigenvalue weighted by atomic mass is 16.5. The van der Waals surface area contributed by atoms with Crippen LogP contribution in [0.3, 0.4) is 0 Å². The zero-order valence-corrected chi connectivity index (χ0v) is 23.6. The van der Waals surface area contributed by atoms with E-state index in [0.717, 1.165) is 46.6 Å². The number of rotatable bonds is 11. The summed E-state index contributed by atoms with van der Waals surface area (Å²) in [5.41, 5.74) is 11.2. The summed E-state index contributed by atoms with van der Waals surface area (Å²) >= 11 is 0. The Morgan fingerprint density at radius 3 is 2.42 bits per heavy atom. The number of benzene rings is 2. The first-order valence-corrected chi connectivity index (χ1v) is 13.5. The number of pyridine rings is 1. The third-order valence-electron chi connectivity index (χ3n) is 6.17. The van der Waals surface area contributed by atoms with Gasteiger partial charge in [-0.25, -0.2) is 9.97 Å². The second-order valence-corrected chi connectivity index (χ2v) is 8.99. The van der Waals surface area contributed by atoms with Crippen molar-refractivity contribution in [1.82, 2.24) is 14.5 Å². The number of carbonyl (C=O) groups is 2. The Bertz CT molecular complexity index is 1410. The Morgan fingerprint density at radius 2 is 1.82 bits per heavy atom. The van der Waals surface area contributed by atoms with Gasteiger partial charge in [0.2, 0.25) is 0 Å². The van der Waals surface area contributed by atoms with E-state index in [9.17, 15) is 9.59 Å². The zero-order chi connectivity index (χ0) is 28.9. The standard InChI is InChI=1S/C28H32N6O.C3H6O2/c1-4-8-23(29)20-10-13-22(14-11-20)31-19-27-32-24-18-21(12-15-25(24)33(27)3)28(35)34(17-5-2)26-9-6-7-16-30-26;1-2-5-3-4/h6-16,18,31H,4-5,17,19,29H2,1-3H3;3H,2H2,1H3/b23-8-;. The number of allylic oxidation sites excluding steroid dienone is 1. The van der Waals surface area contributed by atoms with E-state index in [0.29, 0.717) is 37.5 Å². The van der Waals surface area contributed by atoms with Crippen molar-refractivity contribution < 1.29 is 14.3 Å². The molecule has 0 aliphatic heterocycles. The first kappa shape index (κ1) is 29.9. The number of hydrogen-bond acceptors (Lipinski definition) is 7. The summed E-state index contributed by atoms with van der Waals surface area (Å²) < 4.78 is 6.20. The summed E-state index contributed by atoms with van der Waals surface area (Å²) in [4.78, 5) is 33.4. The Morgan fingerprint density at radius 1 is 1.07 bits per heavy atom. The number of nitrogens with two attached hydrogens (primary N) is 1. The van der Waals surface area contributed by atoms with Crippen molar-refractivity contribution in [1.29, 1.82) is 0 Å². The monoisotopic (exact) mass is 542 g/mol. The fourth-order valence-corrected chi connectivity index (χ4v) is 4.12. The first-order valence-electron chi connectivity index (χ1n) is 13.5. The lowest BCUT2D eigenvalue weighted by Crippen LogP contribution is -2.32. The second-order valence-electron chi connectivity index (χ2n) is 8.99. The molecular weight excluding hydrogens is 504 g/mol. The van der Waals surface area contributed by atoms with Crippen LogP contribution in [0.2, 0.25) is 0 Å². The van der Waals surface area contributed by atoms with Crippen molar-refractivity contribution in [3.05, 3.63) is 89.9 Å². The number of imidazole rings is 1. The number of fused-ring (bicyclic) bond motifs is 1. The van der Waals surface area contributed by atoms with Crippen LogP contribution >= 0.6 is 0 Å². The second kappa shape index (κ2) is 15.1. The normalized spacial score (nSPS) is 10.9. The Balaban J connectivity index is 0.000000810. The number of amides is 1. The van der Waals surface area contributed by atoms with Crippen LogP contribution in [0.1, 0.15) is 55.4 Å². The predicted octanol–water partition coefficient (Wildman–Crippen LogP) is 5.53. The maximum atomic E-state index is 13.3. The summed E-state index contributed by atoms with van der Waals surface area (Å²) in [5, 5.41) is 3.43. The minimum atomic E-state index is -0.0748. The van der Waals surface area contributed by atoms with Crippen LogP contribution in [0.15, 0.2) is 72.9 Å². The van der Waals surface area contributed by atoms with Gasteiger partial charge in [0.25, 0.3) is 12.4 Å². The number of hydrogen-bond donors (Lipinski definition) is 2. The molecule has 210 valence electrons. The number of carbonyl (C=O) groups excluding carboxylic acids is 2. The molecular formula is C31H38N6O3. The largest absolute Gasteiger partial charge is 0.468 e. The highest BCUT2D eigenvalue weighted by Gasteiger charge is 2.19. The fraction of sp³-hybridized carbons (Fsp3) is 0.290. The Kier molecular flexibility index (Phi) is 11.3. The van der Waals surface area contributed by atoms with Gasteiger partial charge in [-0.05, 0) is 67.8 Å². The molecule has 0 unspecified atom stereocenters. The number of nitrogens with zero attached hydrogens (tertiary/aromatic N) is 4. The van der Waals surface area contributed by atoms with E-state index in [1.807, 2.05) is 73.8 Å². The topological polar surface area (TPSA) is 115 Å². The van der Waals surface area contributed by atoms with Crippen LogP contribution in [0.4, 0.5) is 11.5 Å². The minimum absolute atomic E-state index is 0.0748. The van der Waals surface area contributed by atoms with E-state index in [4.69, 9.17) is 10.7 Å². The average Bonchev–Trinajstić information content (AvgIpc) is 3.30. The number of anilines is 2. The van der Waals surface area contributed by atoms with Gasteiger partial charge in [-0.2, -0.15) is 0 Å².